The molecule has 33 heavy (non-hydrogen) atoms. The molecule has 0 spiro atoms. The maximum Gasteiger partial charge on any atom is -0.0146 e. The Morgan fingerprint density at radius 1 is 0.576 bits per heavy atom. The SMILES string of the molecule is CC.CCC(C)c1ccccc1.Cc1ccc(C)c(-c2cc(-c3ccccc3)ccc2C)c1. The van der Waals surface area contributed by atoms with Crippen LogP contribution < -0.4 is 0 Å². The number of hydrogen-bond acceptors (Lipinski definition) is 0. The van der Waals surface area contributed by atoms with Crippen LogP contribution in [0.3, 0.4) is 0 Å². The number of aryl methyl sites for hydroxylation is 3. The molecule has 0 aliphatic carbocycles. The molecule has 0 aliphatic rings. The molecule has 172 valence electrons. The highest BCUT2D eigenvalue weighted by atomic mass is 14.1. The first-order valence-electron chi connectivity index (χ1n) is 12.3. The lowest BCUT2D eigenvalue weighted by molar-refractivity contribution is 0.733. The molecule has 0 nitrogen and oxygen atoms in total. The summed E-state index contributed by atoms with van der Waals surface area (Å²) >= 11 is 0. The summed E-state index contributed by atoms with van der Waals surface area (Å²) in [5.41, 5.74) is 10.6. The van der Waals surface area contributed by atoms with Gasteiger partial charge in [-0.15, -0.1) is 0 Å². The fraction of sp³-hybridized carbons (Fsp3) is 0.273. The molecule has 0 fully saturated rings. The van der Waals surface area contributed by atoms with Gasteiger partial charge in [0.15, 0.2) is 0 Å². The van der Waals surface area contributed by atoms with Crippen LogP contribution in [0, 0.1) is 20.8 Å². The smallest absolute Gasteiger partial charge is 0.0146 e. The quantitative estimate of drug-likeness (QED) is 0.298. The van der Waals surface area contributed by atoms with Crippen molar-refractivity contribution >= 4 is 0 Å². The first-order valence-corrected chi connectivity index (χ1v) is 12.3. The van der Waals surface area contributed by atoms with Crippen LogP contribution in [0.1, 0.15) is 62.3 Å². The highest BCUT2D eigenvalue weighted by Crippen LogP contribution is 2.31. The van der Waals surface area contributed by atoms with Gasteiger partial charge in [-0.3, -0.25) is 0 Å². The molecule has 1 atom stereocenters. The van der Waals surface area contributed by atoms with E-state index in [0.29, 0.717) is 5.92 Å². The first kappa shape index (κ1) is 26.1. The second kappa shape index (κ2) is 13.4. The highest BCUT2D eigenvalue weighted by molar-refractivity contribution is 5.77. The van der Waals surface area contributed by atoms with Gasteiger partial charge in [0, 0.05) is 0 Å². The van der Waals surface area contributed by atoms with Gasteiger partial charge in [-0.1, -0.05) is 124 Å². The predicted octanol–water partition coefficient (Wildman–Crippen LogP) is 10.2. The van der Waals surface area contributed by atoms with Crippen LogP contribution in [0.15, 0.2) is 97.1 Å². The van der Waals surface area contributed by atoms with Crippen LogP contribution >= 0.6 is 0 Å². The van der Waals surface area contributed by atoms with Crippen molar-refractivity contribution < 1.29 is 0 Å². The van der Waals surface area contributed by atoms with E-state index in [1.165, 1.54) is 50.9 Å². The van der Waals surface area contributed by atoms with Crippen molar-refractivity contribution in [3.8, 4) is 22.3 Å². The molecule has 1 unspecified atom stereocenters. The lowest BCUT2D eigenvalue weighted by Crippen LogP contribution is -1.89. The molecule has 0 heteroatoms. The molecule has 0 aromatic heterocycles. The Labute approximate surface area is 202 Å². The third-order valence-corrected chi connectivity index (χ3v) is 6.01. The fourth-order valence-corrected chi connectivity index (χ4v) is 3.77. The van der Waals surface area contributed by atoms with Gasteiger partial charge in [0.25, 0.3) is 0 Å². The van der Waals surface area contributed by atoms with E-state index in [2.05, 4.69) is 132 Å². The summed E-state index contributed by atoms with van der Waals surface area (Å²) in [6, 6.07) is 34.6. The van der Waals surface area contributed by atoms with Crippen LogP contribution in [0.2, 0.25) is 0 Å². The van der Waals surface area contributed by atoms with Crippen molar-refractivity contribution in [1.29, 1.82) is 0 Å². The van der Waals surface area contributed by atoms with Gasteiger partial charge in [0.2, 0.25) is 0 Å². The van der Waals surface area contributed by atoms with Crippen molar-refractivity contribution in [1.82, 2.24) is 0 Å². The number of hydrogen-bond donors (Lipinski definition) is 0. The fourth-order valence-electron chi connectivity index (χ4n) is 3.77. The molecule has 0 heterocycles. The maximum atomic E-state index is 2.31. The summed E-state index contributed by atoms with van der Waals surface area (Å²) in [7, 11) is 0. The molecular formula is C33H40. The Kier molecular flexibility index (Phi) is 10.6. The minimum Gasteiger partial charge on any atom is -0.0683 e. The van der Waals surface area contributed by atoms with E-state index in [0.717, 1.165) is 0 Å². The zero-order valence-corrected chi connectivity index (χ0v) is 21.5. The van der Waals surface area contributed by atoms with Gasteiger partial charge in [-0.2, -0.15) is 0 Å². The van der Waals surface area contributed by atoms with Crippen LogP contribution in [0.25, 0.3) is 22.3 Å². The van der Waals surface area contributed by atoms with Crippen molar-refractivity contribution in [2.24, 2.45) is 0 Å². The van der Waals surface area contributed by atoms with Gasteiger partial charge < -0.3 is 0 Å². The second-order valence-corrected chi connectivity index (χ2v) is 8.43. The topological polar surface area (TPSA) is 0 Å². The third-order valence-electron chi connectivity index (χ3n) is 6.01. The zero-order chi connectivity index (χ0) is 24.2. The van der Waals surface area contributed by atoms with Gasteiger partial charge >= 0.3 is 0 Å². The van der Waals surface area contributed by atoms with Gasteiger partial charge in [0.05, 0.1) is 0 Å². The van der Waals surface area contributed by atoms with Crippen LogP contribution in [0.4, 0.5) is 0 Å². The van der Waals surface area contributed by atoms with E-state index in [1.807, 2.05) is 13.8 Å². The molecule has 0 amide bonds. The summed E-state index contributed by atoms with van der Waals surface area (Å²) in [4.78, 5) is 0. The van der Waals surface area contributed by atoms with E-state index in [9.17, 15) is 0 Å². The van der Waals surface area contributed by atoms with Crippen molar-refractivity contribution in [2.75, 3.05) is 0 Å². The summed E-state index contributed by atoms with van der Waals surface area (Å²) < 4.78 is 0. The highest BCUT2D eigenvalue weighted by Gasteiger charge is 2.08. The van der Waals surface area contributed by atoms with Crippen LogP contribution in [-0.2, 0) is 0 Å². The predicted molar refractivity (Wildman–Crippen MR) is 148 cm³/mol. The van der Waals surface area contributed by atoms with Gasteiger partial charge in [-0.05, 0) is 78.1 Å². The van der Waals surface area contributed by atoms with E-state index in [1.54, 1.807) is 0 Å². The number of rotatable bonds is 4. The first-order chi connectivity index (χ1) is 16.0. The van der Waals surface area contributed by atoms with E-state index < -0.39 is 0 Å². The van der Waals surface area contributed by atoms with Crippen LogP contribution in [-0.4, -0.2) is 0 Å². The molecule has 0 aliphatic heterocycles. The summed E-state index contributed by atoms with van der Waals surface area (Å²) in [6.45, 7) is 15.0. The molecule has 0 bridgehead atoms. The lowest BCUT2D eigenvalue weighted by atomic mass is 9.92. The molecular weight excluding hydrogens is 396 g/mol. The van der Waals surface area contributed by atoms with Crippen molar-refractivity contribution in [3.63, 3.8) is 0 Å². The average Bonchev–Trinajstić information content (AvgIpc) is 2.88. The number of benzene rings is 4. The Bertz CT molecular complexity index is 1090. The largest absolute Gasteiger partial charge is 0.0683 e. The standard InChI is InChI=1S/C21H20.C10H14.C2H6/c1-15-9-10-16(2)20(13-15)21-14-19(12-11-17(21)3)18-7-5-4-6-8-18;1-3-9(2)10-7-5-4-6-8-10;1-2/h4-14H,1-3H3;4-9H,3H2,1-2H3;1-2H3. The molecule has 0 saturated carbocycles. The summed E-state index contributed by atoms with van der Waals surface area (Å²) in [6.07, 6.45) is 1.23. The van der Waals surface area contributed by atoms with Gasteiger partial charge in [0.1, 0.15) is 0 Å². The van der Waals surface area contributed by atoms with Crippen molar-refractivity contribution in [3.05, 3.63) is 119 Å². The monoisotopic (exact) mass is 436 g/mol. The maximum absolute atomic E-state index is 2.31. The van der Waals surface area contributed by atoms with Gasteiger partial charge in [-0.25, -0.2) is 0 Å². The molecule has 4 rings (SSSR count). The van der Waals surface area contributed by atoms with Crippen molar-refractivity contribution in [2.45, 2.75) is 60.8 Å². The molecule has 0 N–H and O–H groups in total. The second-order valence-electron chi connectivity index (χ2n) is 8.43. The Morgan fingerprint density at radius 2 is 1.09 bits per heavy atom. The molecule has 4 aromatic rings. The van der Waals surface area contributed by atoms with E-state index >= 15 is 0 Å². The average molecular weight is 437 g/mol. The molecule has 0 radical (unpaired) electrons. The minimum absolute atomic E-state index is 0.709. The summed E-state index contributed by atoms with van der Waals surface area (Å²) in [5.74, 6) is 0.709. The van der Waals surface area contributed by atoms with E-state index in [4.69, 9.17) is 0 Å². The van der Waals surface area contributed by atoms with Crippen LogP contribution in [0.5, 0.6) is 0 Å². The Hall–Kier alpha value is -3.12. The Balaban J connectivity index is 0.000000270. The zero-order valence-electron chi connectivity index (χ0n) is 21.5. The van der Waals surface area contributed by atoms with E-state index in [-0.39, 0.29) is 0 Å². The Morgan fingerprint density at radius 3 is 1.67 bits per heavy atom. The normalized spacial score (nSPS) is 10.9. The summed E-state index contributed by atoms with van der Waals surface area (Å²) in [5, 5.41) is 0. The lowest BCUT2D eigenvalue weighted by Gasteiger charge is -2.13. The molecule has 0 saturated heterocycles. The molecule has 4 aromatic carbocycles. The minimum atomic E-state index is 0.709. The third kappa shape index (κ3) is 7.46.